The molecule has 0 aliphatic carbocycles. The summed E-state index contributed by atoms with van der Waals surface area (Å²) < 4.78 is 41.9. The second-order valence-electron chi connectivity index (χ2n) is 5.83. The van der Waals surface area contributed by atoms with Crippen LogP contribution in [0.25, 0.3) is 10.9 Å². The highest BCUT2D eigenvalue weighted by Gasteiger charge is 2.19. The summed E-state index contributed by atoms with van der Waals surface area (Å²) in [7, 11) is -3.86. The molecule has 0 unspecified atom stereocenters. The molecule has 0 aliphatic heterocycles. The quantitative estimate of drug-likeness (QED) is 0.768. The zero-order valence-corrected chi connectivity index (χ0v) is 14.1. The van der Waals surface area contributed by atoms with E-state index < -0.39 is 15.8 Å². The molecule has 0 radical (unpaired) electrons. The zero-order chi connectivity index (χ0) is 17.3. The van der Waals surface area contributed by atoms with E-state index in [1.165, 1.54) is 12.3 Å². The number of sulfonamides is 1. The second kappa shape index (κ2) is 6.20. The average Bonchev–Trinajstić information content (AvgIpc) is 2.55. The van der Waals surface area contributed by atoms with Gasteiger partial charge in [-0.25, -0.2) is 12.8 Å². The van der Waals surface area contributed by atoms with Crippen LogP contribution < -0.4 is 4.72 Å². The van der Waals surface area contributed by atoms with E-state index in [-0.39, 0.29) is 21.7 Å². The SMILES string of the molecule is CC(C)c1cccc(NS(=O)(=O)c2ccc(F)c3ncccc23)c1. The van der Waals surface area contributed by atoms with Crippen LogP contribution in [0.4, 0.5) is 10.1 Å². The molecule has 0 saturated carbocycles. The first-order valence-corrected chi connectivity index (χ1v) is 9.03. The molecule has 0 spiro atoms. The number of rotatable bonds is 4. The standard InChI is InChI=1S/C18H17FN2O2S/c1-12(2)13-5-3-6-14(11-13)21-24(22,23)17-9-8-16(19)18-15(17)7-4-10-20-18/h3-12,21H,1-2H3. The van der Waals surface area contributed by atoms with Crippen LogP contribution in [0.2, 0.25) is 0 Å². The van der Waals surface area contributed by atoms with Crippen LogP contribution in [0.5, 0.6) is 0 Å². The maximum absolute atomic E-state index is 13.8. The summed E-state index contributed by atoms with van der Waals surface area (Å²) in [6.45, 7) is 4.07. The number of nitrogens with one attached hydrogen (secondary N) is 1. The van der Waals surface area contributed by atoms with E-state index in [9.17, 15) is 12.8 Å². The Balaban J connectivity index is 2.06. The molecule has 1 N–H and O–H groups in total. The molecule has 24 heavy (non-hydrogen) atoms. The first kappa shape index (κ1) is 16.4. The molecule has 3 rings (SSSR count). The third-order valence-corrected chi connectivity index (χ3v) is 5.21. The van der Waals surface area contributed by atoms with Gasteiger partial charge in [0, 0.05) is 17.3 Å². The molecular weight excluding hydrogens is 327 g/mol. The summed E-state index contributed by atoms with van der Waals surface area (Å²) >= 11 is 0. The van der Waals surface area contributed by atoms with E-state index in [0.29, 0.717) is 5.69 Å². The Bertz CT molecular complexity index is 1000. The van der Waals surface area contributed by atoms with Crippen molar-refractivity contribution in [3.63, 3.8) is 0 Å². The average molecular weight is 344 g/mol. The number of fused-ring (bicyclic) bond motifs is 1. The van der Waals surface area contributed by atoms with E-state index in [4.69, 9.17) is 0 Å². The zero-order valence-electron chi connectivity index (χ0n) is 13.3. The number of aromatic nitrogens is 1. The van der Waals surface area contributed by atoms with E-state index in [1.54, 1.807) is 30.3 Å². The molecule has 0 fully saturated rings. The summed E-state index contributed by atoms with van der Waals surface area (Å²) in [5, 5.41) is 0.255. The lowest BCUT2D eigenvalue weighted by Gasteiger charge is -2.12. The topological polar surface area (TPSA) is 59.1 Å². The fraction of sp³-hybridized carbons (Fsp3) is 0.167. The summed E-state index contributed by atoms with van der Waals surface area (Å²) in [4.78, 5) is 3.93. The van der Waals surface area contributed by atoms with Crippen molar-refractivity contribution < 1.29 is 12.8 Å². The van der Waals surface area contributed by atoms with Crippen LogP contribution in [0.15, 0.2) is 59.6 Å². The molecule has 0 saturated heterocycles. The molecule has 3 aromatic rings. The predicted molar refractivity (Wildman–Crippen MR) is 93.0 cm³/mol. The Kier molecular flexibility index (Phi) is 4.24. The number of hydrogen-bond donors (Lipinski definition) is 1. The molecule has 0 aliphatic rings. The van der Waals surface area contributed by atoms with Gasteiger partial charge in [0.2, 0.25) is 0 Å². The van der Waals surface area contributed by atoms with Crippen LogP contribution in [-0.4, -0.2) is 13.4 Å². The predicted octanol–water partition coefficient (Wildman–Crippen LogP) is 4.30. The van der Waals surface area contributed by atoms with Gasteiger partial charge in [-0.2, -0.15) is 0 Å². The minimum Gasteiger partial charge on any atom is -0.280 e. The molecule has 1 heterocycles. The molecule has 0 bridgehead atoms. The van der Waals surface area contributed by atoms with Crippen molar-refractivity contribution in [3.05, 3.63) is 66.1 Å². The van der Waals surface area contributed by atoms with Gasteiger partial charge in [0.1, 0.15) is 11.3 Å². The van der Waals surface area contributed by atoms with Gasteiger partial charge in [-0.05, 0) is 47.9 Å². The van der Waals surface area contributed by atoms with Gasteiger partial charge in [0.15, 0.2) is 0 Å². The lowest BCUT2D eigenvalue weighted by molar-refractivity contribution is 0.601. The molecule has 6 heteroatoms. The normalized spacial score (nSPS) is 11.8. The fourth-order valence-corrected chi connectivity index (χ4v) is 3.77. The lowest BCUT2D eigenvalue weighted by Crippen LogP contribution is -2.14. The maximum atomic E-state index is 13.8. The highest BCUT2D eigenvalue weighted by Crippen LogP contribution is 2.26. The molecule has 124 valence electrons. The van der Waals surface area contributed by atoms with E-state index in [1.807, 2.05) is 19.9 Å². The van der Waals surface area contributed by atoms with Crippen LogP contribution in [-0.2, 0) is 10.0 Å². The lowest BCUT2D eigenvalue weighted by atomic mass is 10.0. The van der Waals surface area contributed by atoms with E-state index in [0.717, 1.165) is 11.6 Å². The highest BCUT2D eigenvalue weighted by atomic mass is 32.2. The Morgan fingerprint density at radius 2 is 1.88 bits per heavy atom. The first-order valence-electron chi connectivity index (χ1n) is 7.54. The van der Waals surface area contributed by atoms with Gasteiger partial charge in [0.05, 0.1) is 4.90 Å². The van der Waals surface area contributed by atoms with Gasteiger partial charge in [0.25, 0.3) is 10.0 Å². The van der Waals surface area contributed by atoms with Crippen molar-refractivity contribution in [2.75, 3.05) is 4.72 Å². The number of halogens is 1. The molecular formula is C18H17FN2O2S. The Morgan fingerprint density at radius 1 is 1.08 bits per heavy atom. The summed E-state index contributed by atoms with van der Waals surface area (Å²) in [5.74, 6) is -0.267. The number of hydrogen-bond acceptors (Lipinski definition) is 3. The minimum atomic E-state index is -3.86. The third-order valence-electron chi connectivity index (χ3n) is 3.78. The second-order valence-corrected chi connectivity index (χ2v) is 7.48. The molecule has 4 nitrogen and oxygen atoms in total. The van der Waals surface area contributed by atoms with Gasteiger partial charge >= 0.3 is 0 Å². The first-order chi connectivity index (χ1) is 11.4. The third kappa shape index (κ3) is 3.10. The largest absolute Gasteiger partial charge is 0.280 e. The molecule has 2 aromatic carbocycles. The summed E-state index contributed by atoms with van der Waals surface area (Å²) in [6, 6.07) is 12.7. The van der Waals surface area contributed by atoms with Gasteiger partial charge in [-0.1, -0.05) is 26.0 Å². The molecule has 0 amide bonds. The van der Waals surface area contributed by atoms with Gasteiger partial charge in [-0.3, -0.25) is 9.71 Å². The number of benzene rings is 2. The van der Waals surface area contributed by atoms with E-state index >= 15 is 0 Å². The van der Waals surface area contributed by atoms with Crippen molar-refractivity contribution in [2.45, 2.75) is 24.7 Å². The van der Waals surface area contributed by atoms with Crippen molar-refractivity contribution in [2.24, 2.45) is 0 Å². The number of anilines is 1. The van der Waals surface area contributed by atoms with Crippen molar-refractivity contribution in [3.8, 4) is 0 Å². The maximum Gasteiger partial charge on any atom is 0.262 e. The molecule has 1 aromatic heterocycles. The highest BCUT2D eigenvalue weighted by molar-refractivity contribution is 7.93. The monoisotopic (exact) mass is 344 g/mol. The molecule has 0 atom stereocenters. The summed E-state index contributed by atoms with van der Waals surface area (Å²) in [5.41, 5.74) is 1.54. The van der Waals surface area contributed by atoms with Crippen molar-refractivity contribution >= 4 is 26.6 Å². The number of pyridine rings is 1. The van der Waals surface area contributed by atoms with Crippen LogP contribution in [0, 0.1) is 5.82 Å². The van der Waals surface area contributed by atoms with Crippen LogP contribution >= 0.6 is 0 Å². The van der Waals surface area contributed by atoms with Gasteiger partial charge in [-0.15, -0.1) is 0 Å². The summed E-state index contributed by atoms with van der Waals surface area (Å²) in [6.07, 6.45) is 1.43. The Labute approximate surface area is 140 Å². The Morgan fingerprint density at radius 3 is 2.62 bits per heavy atom. The van der Waals surface area contributed by atoms with Crippen LogP contribution in [0.1, 0.15) is 25.3 Å². The number of nitrogens with zero attached hydrogens (tertiary/aromatic N) is 1. The van der Waals surface area contributed by atoms with Crippen molar-refractivity contribution in [1.82, 2.24) is 4.98 Å². The fourth-order valence-electron chi connectivity index (χ4n) is 2.52. The van der Waals surface area contributed by atoms with Gasteiger partial charge < -0.3 is 0 Å². The van der Waals surface area contributed by atoms with Crippen LogP contribution in [0.3, 0.4) is 0 Å². The smallest absolute Gasteiger partial charge is 0.262 e. The minimum absolute atomic E-state index is 0.00181. The van der Waals surface area contributed by atoms with E-state index in [2.05, 4.69) is 9.71 Å². The van der Waals surface area contributed by atoms with Crippen molar-refractivity contribution in [1.29, 1.82) is 0 Å². The Hall–Kier alpha value is -2.47.